The minimum Gasteiger partial charge on any atom is -0.258 e. The molecule has 3 nitrogen and oxygen atoms in total. The van der Waals surface area contributed by atoms with Crippen LogP contribution >= 0.6 is 11.6 Å². The molecule has 0 N–H and O–H groups in total. The molecule has 0 aliphatic carbocycles. The van der Waals surface area contributed by atoms with Crippen LogP contribution in [0, 0.1) is 10.1 Å². The highest BCUT2D eigenvalue weighted by Gasteiger charge is 2.10. The second-order valence-electron chi connectivity index (χ2n) is 4.01. The van der Waals surface area contributed by atoms with Gasteiger partial charge in [0, 0.05) is 12.1 Å². The number of non-ortho nitro benzene ring substituents is 1. The van der Waals surface area contributed by atoms with Crippen molar-refractivity contribution in [2.45, 2.75) is 11.8 Å². The average Bonchev–Trinajstić information content (AvgIpc) is 2.40. The largest absolute Gasteiger partial charge is 0.269 e. The molecule has 0 amide bonds. The van der Waals surface area contributed by atoms with Crippen LogP contribution in [0.1, 0.15) is 16.5 Å². The standard InChI is InChI=1S/C14H12ClNO2/c15-14(12-4-2-1-3-5-12)10-11-6-8-13(9-7-11)16(17)18/h1-9,14H,10H2/t14-/m1/s1. The second-order valence-corrected chi connectivity index (χ2v) is 4.53. The molecular weight excluding hydrogens is 250 g/mol. The zero-order chi connectivity index (χ0) is 13.0. The van der Waals surface area contributed by atoms with Crippen LogP contribution < -0.4 is 0 Å². The van der Waals surface area contributed by atoms with Gasteiger partial charge in [0.1, 0.15) is 0 Å². The Bertz CT molecular complexity index is 525. The second kappa shape index (κ2) is 5.65. The molecule has 2 aromatic carbocycles. The Morgan fingerprint density at radius 2 is 1.67 bits per heavy atom. The van der Waals surface area contributed by atoms with Crippen molar-refractivity contribution < 1.29 is 4.92 Å². The summed E-state index contributed by atoms with van der Waals surface area (Å²) in [4.78, 5) is 10.1. The Morgan fingerprint density at radius 3 is 2.22 bits per heavy atom. The third kappa shape index (κ3) is 3.08. The van der Waals surface area contributed by atoms with E-state index in [0.29, 0.717) is 6.42 Å². The number of hydrogen-bond donors (Lipinski definition) is 0. The molecule has 2 aromatic rings. The number of halogens is 1. The fourth-order valence-corrected chi connectivity index (χ4v) is 2.06. The van der Waals surface area contributed by atoms with E-state index in [9.17, 15) is 10.1 Å². The quantitative estimate of drug-likeness (QED) is 0.472. The van der Waals surface area contributed by atoms with Gasteiger partial charge in [-0.05, 0) is 17.5 Å². The first kappa shape index (κ1) is 12.6. The first-order valence-electron chi connectivity index (χ1n) is 5.59. The molecule has 0 saturated carbocycles. The molecule has 1 atom stereocenters. The molecule has 0 aromatic heterocycles. The Balaban J connectivity index is 2.08. The van der Waals surface area contributed by atoms with E-state index < -0.39 is 4.92 Å². The van der Waals surface area contributed by atoms with Crippen molar-refractivity contribution in [3.8, 4) is 0 Å². The SMILES string of the molecule is O=[N+]([O-])c1ccc(C[C@@H](Cl)c2ccccc2)cc1. The predicted molar refractivity (Wildman–Crippen MR) is 71.8 cm³/mol. The van der Waals surface area contributed by atoms with E-state index in [4.69, 9.17) is 11.6 Å². The van der Waals surface area contributed by atoms with Gasteiger partial charge in [0.2, 0.25) is 0 Å². The highest BCUT2D eigenvalue weighted by Crippen LogP contribution is 2.25. The van der Waals surface area contributed by atoms with E-state index in [1.54, 1.807) is 12.1 Å². The lowest BCUT2D eigenvalue weighted by Crippen LogP contribution is -1.96. The molecule has 2 rings (SSSR count). The van der Waals surface area contributed by atoms with Crippen molar-refractivity contribution in [2.24, 2.45) is 0 Å². The maximum Gasteiger partial charge on any atom is 0.269 e. The molecule has 0 heterocycles. The number of nitro benzene ring substituents is 1. The van der Waals surface area contributed by atoms with Gasteiger partial charge in [-0.1, -0.05) is 42.5 Å². The van der Waals surface area contributed by atoms with Crippen LogP contribution in [0.3, 0.4) is 0 Å². The molecule has 0 saturated heterocycles. The van der Waals surface area contributed by atoms with Gasteiger partial charge in [-0.3, -0.25) is 10.1 Å². The molecule has 4 heteroatoms. The Kier molecular flexibility index (Phi) is 3.95. The summed E-state index contributed by atoms with van der Waals surface area (Å²) in [5, 5.41) is 10.4. The number of rotatable bonds is 4. The molecule has 0 spiro atoms. The summed E-state index contributed by atoms with van der Waals surface area (Å²) in [6.07, 6.45) is 0.656. The summed E-state index contributed by atoms with van der Waals surface area (Å²) < 4.78 is 0. The van der Waals surface area contributed by atoms with E-state index in [1.807, 2.05) is 30.3 Å². The van der Waals surface area contributed by atoms with Gasteiger partial charge in [0.15, 0.2) is 0 Å². The van der Waals surface area contributed by atoms with E-state index in [1.165, 1.54) is 12.1 Å². The maximum atomic E-state index is 10.5. The van der Waals surface area contributed by atoms with Gasteiger partial charge in [0.05, 0.1) is 10.3 Å². The van der Waals surface area contributed by atoms with Crippen LogP contribution in [0.25, 0.3) is 0 Å². The molecule has 0 aliphatic heterocycles. The zero-order valence-electron chi connectivity index (χ0n) is 9.62. The van der Waals surface area contributed by atoms with Crippen molar-refractivity contribution in [3.05, 3.63) is 75.8 Å². The third-order valence-electron chi connectivity index (χ3n) is 2.72. The summed E-state index contributed by atoms with van der Waals surface area (Å²) in [6, 6.07) is 16.3. The van der Waals surface area contributed by atoms with Crippen LogP contribution in [0.2, 0.25) is 0 Å². The normalized spacial score (nSPS) is 12.1. The lowest BCUT2D eigenvalue weighted by Gasteiger charge is -2.09. The molecule has 0 radical (unpaired) electrons. The van der Waals surface area contributed by atoms with Gasteiger partial charge in [0.25, 0.3) is 5.69 Å². The Morgan fingerprint density at radius 1 is 1.06 bits per heavy atom. The topological polar surface area (TPSA) is 43.1 Å². The number of benzene rings is 2. The third-order valence-corrected chi connectivity index (χ3v) is 3.13. The van der Waals surface area contributed by atoms with Crippen molar-refractivity contribution in [3.63, 3.8) is 0 Å². The van der Waals surface area contributed by atoms with Crippen molar-refractivity contribution in [1.29, 1.82) is 0 Å². The summed E-state index contributed by atoms with van der Waals surface area (Å²) in [6.45, 7) is 0. The van der Waals surface area contributed by atoms with Crippen LogP contribution in [-0.4, -0.2) is 4.92 Å². The van der Waals surface area contributed by atoms with Gasteiger partial charge in [-0.15, -0.1) is 11.6 Å². The summed E-state index contributed by atoms with van der Waals surface area (Å²) >= 11 is 6.31. The number of hydrogen-bond acceptors (Lipinski definition) is 2. The lowest BCUT2D eigenvalue weighted by molar-refractivity contribution is -0.384. The highest BCUT2D eigenvalue weighted by atomic mass is 35.5. The molecule has 0 fully saturated rings. The van der Waals surface area contributed by atoms with Crippen LogP contribution in [-0.2, 0) is 6.42 Å². The van der Waals surface area contributed by atoms with E-state index in [2.05, 4.69) is 0 Å². The molecular formula is C14H12ClNO2. The fourth-order valence-electron chi connectivity index (χ4n) is 1.74. The van der Waals surface area contributed by atoms with E-state index in [0.717, 1.165) is 11.1 Å². The number of alkyl halides is 1. The predicted octanol–water partition coefficient (Wildman–Crippen LogP) is 4.12. The molecule has 18 heavy (non-hydrogen) atoms. The lowest BCUT2D eigenvalue weighted by atomic mass is 10.0. The minimum atomic E-state index is -0.404. The summed E-state index contributed by atoms with van der Waals surface area (Å²) in [7, 11) is 0. The number of nitro groups is 1. The molecule has 0 unspecified atom stereocenters. The van der Waals surface area contributed by atoms with Gasteiger partial charge >= 0.3 is 0 Å². The molecule has 0 bridgehead atoms. The van der Waals surface area contributed by atoms with Crippen molar-refractivity contribution in [1.82, 2.24) is 0 Å². The smallest absolute Gasteiger partial charge is 0.258 e. The number of nitrogens with zero attached hydrogens (tertiary/aromatic N) is 1. The molecule has 92 valence electrons. The van der Waals surface area contributed by atoms with Crippen molar-refractivity contribution >= 4 is 17.3 Å². The zero-order valence-corrected chi connectivity index (χ0v) is 10.4. The highest BCUT2D eigenvalue weighted by molar-refractivity contribution is 6.20. The van der Waals surface area contributed by atoms with Crippen LogP contribution in [0.4, 0.5) is 5.69 Å². The minimum absolute atomic E-state index is 0.101. The Labute approximate surface area is 110 Å². The van der Waals surface area contributed by atoms with Crippen molar-refractivity contribution in [2.75, 3.05) is 0 Å². The summed E-state index contributed by atoms with van der Waals surface area (Å²) in [5.74, 6) is 0. The van der Waals surface area contributed by atoms with Gasteiger partial charge in [-0.25, -0.2) is 0 Å². The monoisotopic (exact) mass is 261 g/mol. The first-order chi connectivity index (χ1) is 8.66. The maximum absolute atomic E-state index is 10.5. The fraction of sp³-hybridized carbons (Fsp3) is 0.143. The van der Waals surface area contributed by atoms with Crippen LogP contribution in [0.15, 0.2) is 54.6 Å². The van der Waals surface area contributed by atoms with Gasteiger partial charge < -0.3 is 0 Å². The summed E-state index contributed by atoms with van der Waals surface area (Å²) in [5.41, 5.74) is 2.14. The van der Waals surface area contributed by atoms with Gasteiger partial charge in [-0.2, -0.15) is 0 Å². The average molecular weight is 262 g/mol. The Hall–Kier alpha value is -1.87. The molecule has 0 aliphatic rings. The first-order valence-corrected chi connectivity index (χ1v) is 6.03. The van der Waals surface area contributed by atoms with E-state index in [-0.39, 0.29) is 11.1 Å². The van der Waals surface area contributed by atoms with Crippen LogP contribution in [0.5, 0.6) is 0 Å². The van der Waals surface area contributed by atoms with E-state index >= 15 is 0 Å².